The molecule has 114 valence electrons. The van der Waals surface area contributed by atoms with Gasteiger partial charge in [-0.3, -0.25) is 4.79 Å². The highest BCUT2D eigenvalue weighted by Crippen LogP contribution is 2.32. The van der Waals surface area contributed by atoms with Gasteiger partial charge in [-0.1, -0.05) is 43.0 Å². The fourth-order valence-electron chi connectivity index (χ4n) is 2.98. The second kappa shape index (κ2) is 6.93. The number of halogens is 1. The van der Waals surface area contributed by atoms with E-state index in [0.29, 0.717) is 22.3 Å². The minimum atomic E-state index is -0.148. The van der Waals surface area contributed by atoms with Crippen LogP contribution in [0.5, 0.6) is 0 Å². The molecule has 1 aromatic heterocycles. The molecule has 0 bridgehead atoms. The zero-order valence-electron chi connectivity index (χ0n) is 12.4. The van der Waals surface area contributed by atoms with Crippen LogP contribution in [0.4, 0.5) is 5.82 Å². The van der Waals surface area contributed by atoms with Crippen molar-refractivity contribution >= 4 is 23.3 Å². The van der Waals surface area contributed by atoms with E-state index < -0.39 is 0 Å². The summed E-state index contributed by atoms with van der Waals surface area (Å²) in [6.45, 7) is 0. The summed E-state index contributed by atoms with van der Waals surface area (Å²) in [6.07, 6.45) is 8.03. The molecule has 1 aliphatic carbocycles. The van der Waals surface area contributed by atoms with E-state index in [1.165, 1.54) is 43.9 Å². The average Bonchev–Trinajstić information content (AvgIpc) is 2.58. The number of hydrogen-bond donors (Lipinski definition) is 1. The van der Waals surface area contributed by atoms with Crippen LogP contribution in [0.3, 0.4) is 0 Å². The highest BCUT2D eigenvalue weighted by molar-refractivity contribution is 6.30. The number of nitrogens with one attached hydrogen (secondary N) is 1. The lowest BCUT2D eigenvalue weighted by Gasteiger charge is -2.22. The molecule has 1 N–H and O–H groups in total. The molecule has 0 unspecified atom stereocenters. The maximum Gasteiger partial charge on any atom is 0.256 e. The Bertz CT molecular complexity index is 631. The number of rotatable bonds is 3. The first-order valence-corrected chi connectivity index (χ1v) is 8.13. The van der Waals surface area contributed by atoms with Crippen LogP contribution in [0.1, 0.15) is 53.9 Å². The minimum Gasteiger partial charge on any atom is -0.307 e. The minimum absolute atomic E-state index is 0.148. The van der Waals surface area contributed by atoms with E-state index in [-0.39, 0.29) is 5.91 Å². The smallest absolute Gasteiger partial charge is 0.256 e. The summed E-state index contributed by atoms with van der Waals surface area (Å²) in [6, 6.07) is 11.4. The third-order valence-corrected chi connectivity index (χ3v) is 4.44. The number of carbonyl (C=O) groups is 1. The van der Waals surface area contributed by atoms with Crippen molar-refractivity contribution in [1.29, 1.82) is 0 Å². The van der Waals surface area contributed by atoms with Gasteiger partial charge < -0.3 is 5.32 Å². The molecular formula is C18H19ClN2O. The number of aromatic nitrogens is 1. The Morgan fingerprint density at radius 2 is 1.77 bits per heavy atom. The Hall–Kier alpha value is -1.87. The Morgan fingerprint density at radius 1 is 1.05 bits per heavy atom. The fraction of sp³-hybridized carbons (Fsp3) is 0.333. The summed E-state index contributed by atoms with van der Waals surface area (Å²) in [5.41, 5.74) is 2.00. The molecule has 0 spiro atoms. The summed E-state index contributed by atoms with van der Waals surface area (Å²) in [4.78, 5) is 16.3. The highest BCUT2D eigenvalue weighted by atomic mass is 35.5. The molecule has 4 heteroatoms. The first kappa shape index (κ1) is 15.0. The van der Waals surface area contributed by atoms with Crippen LogP contribution in [0.15, 0.2) is 42.6 Å². The van der Waals surface area contributed by atoms with Gasteiger partial charge in [0.2, 0.25) is 0 Å². The van der Waals surface area contributed by atoms with Gasteiger partial charge in [-0.15, -0.1) is 0 Å². The third kappa shape index (κ3) is 3.66. The second-order valence-corrected chi connectivity index (χ2v) is 6.21. The van der Waals surface area contributed by atoms with Crippen molar-refractivity contribution < 1.29 is 4.79 Å². The topological polar surface area (TPSA) is 42.0 Å². The monoisotopic (exact) mass is 314 g/mol. The largest absolute Gasteiger partial charge is 0.307 e. The Labute approximate surface area is 135 Å². The molecule has 1 saturated carbocycles. The Kier molecular flexibility index (Phi) is 4.74. The molecule has 1 amide bonds. The lowest BCUT2D eigenvalue weighted by atomic mass is 9.84. The lowest BCUT2D eigenvalue weighted by molar-refractivity contribution is 0.102. The molecule has 1 aromatic carbocycles. The van der Waals surface area contributed by atoms with Crippen molar-refractivity contribution in [2.24, 2.45) is 0 Å². The van der Waals surface area contributed by atoms with Crippen LogP contribution in [0.2, 0.25) is 5.02 Å². The van der Waals surface area contributed by atoms with Gasteiger partial charge in [0.05, 0.1) is 5.02 Å². The van der Waals surface area contributed by atoms with E-state index in [1.807, 2.05) is 12.1 Å². The number of hydrogen-bond acceptors (Lipinski definition) is 2. The zero-order chi connectivity index (χ0) is 15.4. The van der Waals surface area contributed by atoms with Gasteiger partial charge in [0.1, 0.15) is 5.82 Å². The van der Waals surface area contributed by atoms with Gasteiger partial charge in [0.25, 0.3) is 5.91 Å². The van der Waals surface area contributed by atoms with Crippen LogP contribution < -0.4 is 5.32 Å². The number of benzene rings is 1. The zero-order valence-corrected chi connectivity index (χ0v) is 13.1. The van der Waals surface area contributed by atoms with Crippen LogP contribution in [-0.4, -0.2) is 10.9 Å². The summed E-state index contributed by atoms with van der Waals surface area (Å²) in [5, 5.41) is 3.33. The number of carbonyl (C=O) groups excluding carboxylic acids is 1. The van der Waals surface area contributed by atoms with Crippen molar-refractivity contribution in [1.82, 2.24) is 4.98 Å². The van der Waals surface area contributed by atoms with Crippen molar-refractivity contribution in [2.75, 3.05) is 5.32 Å². The van der Waals surface area contributed by atoms with E-state index in [2.05, 4.69) is 22.4 Å². The molecule has 0 aliphatic heterocycles. The molecule has 0 radical (unpaired) electrons. The van der Waals surface area contributed by atoms with Crippen molar-refractivity contribution in [3.05, 3.63) is 58.7 Å². The van der Waals surface area contributed by atoms with Crippen LogP contribution >= 0.6 is 11.6 Å². The number of nitrogens with zero attached hydrogens (tertiary/aromatic N) is 1. The lowest BCUT2D eigenvalue weighted by Crippen LogP contribution is -2.13. The van der Waals surface area contributed by atoms with E-state index >= 15 is 0 Å². The summed E-state index contributed by atoms with van der Waals surface area (Å²) < 4.78 is 0. The number of amides is 1. The molecule has 1 aliphatic rings. The van der Waals surface area contributed by atoms with Gasteiger partial charge in [-0.2, -0.15) is 0 Å². The quantitative estimate of drug-likeness (QED) is 0.862. The third-order valence-electron chi connectivity index (χ3n) is 4.22. The number of anilines is 1. The fourth-order valence-corrected chi connectivity index (χ4v) is 3.09. The number of pyridine rings is 1. The van der Waals surface area contributed by atoms with Crippen molar-refractivity contribution in [3.8, 4) is 0 Å². The van der Waals surface area contributed by atoms with Gasteiger partial charge in [0, 0.05) is 11.8 Å². The van der Waals surface area contributed by atoms with Crippen LogP contribution in [-0.2, 0) is 0 Å². The normalized spacial score (nSPS) is 15.5. The molecule has 1 heterocycles. The predicted octanol–water partition coefficient (Wildman–Crippen LogP) is 5.04. The molecule has 22 heavy (non-hydrogen) atoms. The standard InChI is InChI=1S/C18H19ClN2O/c19-16-10-11-17(20-12-16)21-18(22)15-8-6-14(7-9-15)13-4-2-1-3-5-13/h6-13H,1-5H2,(H,20,21,22). The van der Waals surface area contributed by atoms with Gasteiger partial charge in [0.15, 0.2) is 0 Å². The molecule has 0 saturated heterocycles. The van der Waals surface area contributed by atoms with Crippen molar-refractivity contribution in [2.45, 2.75) is 38.0 Å². The predicted molar refractivity (Wildman–Crippen MR) is 89.5 cm³/mol. The van der Waals surface area contributed by atoms with E-state index in [4.69, 9.17) is 11.6 Å². The molecule has 0 atom stereocenters. The van der Waals surface area contributed by atoms with E-state index in [1.54, 1.807) is 12.1 Å². The maximum atomic E-state index is 12.2. The van der Waals surface area contributed by atoms with Gasteiger partial charge in [-0.05, 0) is 48.6 Å². The average molecular weight is 315 g/mol. The molecule has 3 rings (SSSR count). The maximum absolute atomic E-state index is 12.2. The molecule has 3 nitrogen and oxygen atoms in total. The summed E-state index contributed by atoms with van der Waals surface area (Å²) >= 11 is 5.78. The molecular weight excluding hydrogens is 296 g/mol. The Balaban J connectivity index is 1.66. The van der Waals surface area contributed by atoms with Gasteiger partial charge in [-0.25, -0.2) is 4.98 Å². The van der Waals surface area contributed by atoms with Crippen LogP contribution in [0, 0.1) is 0 Å². The van der Waals surface area contributed by atoms with Crippen LogP contribution in [0.25, 0.3) is 0 Å². The molecule has 1 fully saturated rings. The van der Waals surface area contributed by atoms with E-state index in [9.17, 15) is 4.79 Å². The molecule has 2 aromatic rings. The van der Waals surface area contributed by atoms with Gasteiger partial charge >= 0.3 is 0 Å². The summed E-state index contributed by atoms with van der Waals surface area (Å²) in [7, 11) is 0. The highest BCUT2D eigenvalue weighted by Gasteiger charge is 2.16. The van der Waals surface area contributed by atoms with E-state index in [0.717, 1.165) is 0 Å². The first-order valence-electron chi connectivity index (χ1n) is 7.75. The first-order chi connectivity index (χ1) is 10.7. The van der Waals surface area contributed by atoms with Crippen molar-refractivity contribution in [3.63, 3.8) is 0 Å². The SMILES string of the molecule is O=C(Nc1ccc(Cl)cn1)c1ccc(C2CCCCC2)cc1. The summed E-state index contributed by atoms with van der Waals surface area (Å²) in [5.74, 6) is 1.01. The Morgan fingerprint density at radius 3 is 2.41 bits per heavy atom. The second-order valence-electron chi connectivity index (χ2n) is 5.77.